The summed E-state index contributed by atoms with van der Waals surface area (Å²) < 4.78 is 4.33. The molecule has 0 aromatic carbocycles. The normalized spacial score (nSPS) is 19.4. The molecular weight excluding hydrogens is 200 g/mol. The molecule has 1 fully saturated rings. The maximum Gasteiger partial charge on any atom is 0.396 e. The lowest BCUT2D eigenvalue weighted by Crippen LogP contribution is -2.64. The predicted octanol–water partition coefficient (Wildman–Crippen LogP) is -1.10. The van der Waals surface area contributed by atoms with Crippen LogP contribution in [-0.2, 0) is 19.1 Å². The highest BCUT2D eigenvalue weighted by atomic mass is 16.5. The van der Waals surface area contributed by atoms with Crippen molar-refractivity contribution in [2.24, 2.45) is 0 Å². The molecule has 6 nitrogen and oxygen atoms in total. The maximum absolute atomic E-state index is 11.6. The third-order valence-corrected chi connectivity index (χ3v) is 2.46. The van der Waals surface area contributed by atoms with Crippen molar-refractivity contribution in [3.05, 3.63) is 0 Å². The van der Waals surface area contributed by atoms with Gasteiger partial charge in [0.05, 0.1) is 7.11 Å². The number of esters is 1. The minimum atomic E-state index is -1.01. The second-order valence-corrected chi connectivity index (χ2v) is 3.76. The number of piperazine rings is 1. The summed E-state index contributed by atoms with van der Waals surface area (Å²) in [4.78, 5) is 35.3. The molecule has 1 N–H and O–H groups in total. The van der Waals surface area contributed by atoms with Crippen molar-refractivity contribution >= 4 is 17.8 Å². The van der Waals surface area contributed by atoms with Gasteiger partial charge in [0, 0.05) is 13.1 Å². The molecule has 1 aliphatic heterocycles. The van der Waals surface area contributed by atoms with Crippen molar-refractivity contribution in [2.75, 3.05) is 20.2 Å². The Hall–Kier alpha value is -1.59. The van der Waals surface area contributed by atoms with Crippen molar-refractivity contribution in [1.29, 1.82) is 0 Å². The van der Waals surface area contributed by atoms with Crippen LogP contribution in [0.5, 0.6) is 0 Å². The van der Waals surface area contributed by atoms with Gasteiger partial charge < -0.3 is 15.0 Å². The van der Waals surface area contributed by atoms with E-state index < -0.39 is 17.4 Å². The van der Waals surface area contributed by atoms with Crippen LogP contribution in [0.4, 0.5) is 0 Å². The highest BCUT2D eigenvalue weighted by Gasteiger charge is 2.42. The Labute approximate surface area is 87.6 Å². The lowest BCUT2D eigenvalue weighted by atomic mass is 9.99. The van der Waals surface area contributed by atoms with Crippen LogP contribution in [-0.4, -0.2) is 48.4 Å². The van der Waals surface area contributed by atoms with Crippen LogP contribution in [0.25, 0.3) is 0 Å². The zero-order chi connectivity index (χ0) is 11.6. The van der Waals surface area contributed by atoms with Crippen molar-refractivity contribution in [3.63, 3.8) is 0 Å². The third-order valence-electron chi connectivity index (χ3n) is 2.46. The van der Waals surface area contributed by atoms with Crippen molar-refractivity contribution in [2.45, 2.75) is 19.4 Å². The van der Waals surface area contributed by atoms with E-state index >= 15 is 0 Å². The molecule has 15 heavy (non-hydrogen) atoms. The summed E-state index contributed by atoms with van der Waals surface area (Å²) >= 11 is 0. The average molecular weight is 214 g/mol. The molecule has 0 saturated carbocycles. The van der Waals surface area contributed by atoms with Gasteiger partial charge in [-0.2, -0.15) is 0 Å². The first kappa shape index (κ1) is 11.5. The number of hydrogen-bond acceptors (Lipinski definition) is 4. The van der Waals surface area contributed by atoms with E-state index in [2.05, 4.69) is 10.1 Å². The fraction of sp³-hybridized carbons (Fsp3) is 0.667. The van der Waals surface area contributed by atoms with Gasteiger partial charge in [-0.1, -0.05) is 0 Å². The van der Waals surface area contributed by atoms with E-state index in [4.69, 9.17) is 0 Å². The van der Waals surface area contributed by atoms with Crippen LogP contribution in [0.15, 0.2) is 0 Å². The van der Waals surface area contributed by atoms with E-state index in [9.17, 15) is 14.4 Å². The van der Waals surface area contributed by atoms with Crippen LogP contribution < -0.4 is 5.32 Å². The zero-order valence-corrected chi connectivity index (χ0v) is 8.99. The Balaban J connectivity index is 2.89. The Morgan fingerprint density at radius 2 is 2.07 bits per heavy atom. The first-order chi connectivity index (χ1) is 6.91. The zero-order valence-electron chi connectivity index (χ0n) is 8.99. The summed E-state index contributed by atoms with van der Waals surface area (Å²) in [6, 6.07) is 0. The van der Waals surface area contributed by atoms with Crippen LogP contribution in [0.3, 0.4) is 0 Å². The molecule has 0 aliphatic carbocycles. The summed E-state index contributed by atoms with van der Waals surface area (Å²) in [6.07, 6.45) is 0. The fourth-order valence-corrected chi connectivity index (χ4v) is 1.45. The van der Waals surface area contributed by atoms with Gasteiger partial charge in [-0.05, 0) is 13.8 Å². The predicted molar refractivity (Wildman–Crippen MR) is 50.8 cm³/mol. The van der Waals surface area contributed by atoms with Gasteiger partial charge in [0.15, 0.2) is 0 Å². The van der Waals surface area contributed by atoms with Crippen LogP contribution >= 0.6 is 0 Å². The molecule has 1 heterocycles. The smallest absolute Gasteiger partial charge is 0.396 e. The van der Waals surface area contributed by atoms with Gasteiger partial charge in [-0.15, -0.1) is 0 Å². The summed E-state index contributed by atoms with van der Waals surface area (Å²) in [5.41, 5.74) is -1.01. The number of rotatable bonds is 0. The van der Waals surface area contributed by atoms with E-state index in [0.717, 1.165) is 7.11 Å². The molecule has 0 atom stereocenters. The van der Waals surface area contributed by atoms with E-state index in [0.29, 0.717) is 13.1 Å². The van der Waals surface area contributed by atoms with Gasteiger partial charge in [-0.25, -0.2) is 4.79 Å². The minimum absolute atomic E-state index is 0.272. The number of nitrogens with zero attached hydrogens (tertiary/aromatic N) is 1. The number of carbonyl (C=O) groups is 3. The van der Waals surface area contributed by atoms with Gasteiger partial charge in [0.1, 0.15) is 5.54 Å². The average Bonchev–Trinajstić information content (AvgIpc) is 2.20. The SMILES string of the molecule is COC(=O)C(=O)N1CCNC(=O)C1(C)C. The number of hydrogen-bond donors (Lipinski definition) is 1. The number of methoxy groups -OCH3 is 1. The molecule has 1 saturated heterocycles. The number of nitrogens with one attached hydrogen (secondary N) is 1. The summed E-state index contributed by atoms with van der Waals surface area (Å²) in [7, 11) is 1.14. The highest BCUT2D eigenvalue weighted by molar-refractivity contribution is 6.33. The summed E-state index contributed by atoms with van der Waals surface area (Å²) in [5, 5.41) is 2.63. The molecular formula is C9H14N2O4. The lowest BCUT2D eigenvalue weighted by Gasteiger charge is -2.40. The van der Waals surface area contributed by atoms with Gasteiger partial charge in [-0.3, -0.25) is 9.59 Å². The summed E-state index contributed by atoms with van der Waals surface area (Å²) in [6.45, 7) is 3.84. The molecule has 84 valence electrons. The number of amides is 2. The molecule has 0 unspecified atom stereocenters. The van der Waals surface area contributed by atoms with Gasteiger partial charge >= 0.3 is 11.9 Å². The molecule has 1 rings (SSSR count). The van der Waals surface area contributed by atoms with Crippen molar-refractivity contribution < 1.29 is 19.1 Å². The van der Waals surface area contributed by atoms with E-state index in [1.165, 1.54) is 4.90 Å². The first-order valence-corrected chi connectivity index (χ1v) is 4.59. The van der Waals surface area contributed by atoms with E-state index in [1.807, 2.05) is 0 Å². The minimum Gasteiger partial charge on any atom is -0.462 e. The number of carbonyl (C=O) groups excluding carboxylic acids is 3. The van der Waals surface area contributed by atoms with Gasteiger partial charge in [0.25, 0.3) is 0 Å². The monoisotopic (exact) mass is 214 g/mol. The number of ether oxygens (including phenoxy) is 1. The van der Waals surface area contributed by atoms with Crippen LogP contribution in [0, 0.1) is 0 Å². The van der Waals surface area contributed by atoms with Crippen LogP contribution in [0.1, 0.15) is 13.8 Å². The Kier molecular flexibility index (Phi) is 2.97. The largest absolute Gasteiger partial charge is 0.462 e. The van der Waals surface area contributed by atoms with Crippen molar-refractivity contribution in [1.82, 2.24) is 10.2 Å². The Morgan fingerprint density at radius 1 is 1.47 bits per heavy atom. The van der Waals surface area contributed by atoms with Crippen molar-refractivity contribution in [3.8, 4) is 0 Å². The molecule has 0 aromatic heterocycles. The van der Waals surface area contributed by atoms with Gasteiger partial charge in [0.2, 0.25) is 5.91 Å². The second-order valence-electron chi connectivity index (χ2n) is 3.76. The second kappa shape index (κ2) is 3.88. The molecule has 6 heteroatoms. The van der Waals surface area contributed by atoms with E-state index in [1.54, 1.807) is 13.8 Å². The Bertz CT molecular complexity index is 311. The lowest BCUT2D eigenvalue weighted by molar-refractivity contribution is -0.164. The maximum atomic E-state index is 11.6. The van der Waals surface area contributed by atoms with E-state index in [-0.39, 0.29) is 5.91 Å². The topological polar surface area (TPSA) is 75.7 Å². The highest BCUT2D eigenvalue weighted by Crippen LogP contribution is 2.17. The Morgan fingerprint density at radius 3 is 2.60 bits per heavy atom. The molecule has 0 aromatic rings. The molecule has 2 amide bonds. The summed E-state index contributed by atoms with van der Waals surface area (Å²) in [5.74, 6) is -2.00. The fourth-order valence-electron chi connectivity index (χ4n) is 1.45. The standard InChI is InChI=1S/C9H14N2O4/c1-9(2)8(14)10-4-5-11(9)6(12)7(13)15-3/h4-5H2,1-3H3,(H,10,14). The molecule has 0 bridgehead atoms. The third kappa shape index (κ3) is 1.93. The molecule has 1 aliphatic rings. The molecule has 0 spiro atoms. The molecule has 0 radical (unpaired) electrons. The van der Waals surface area contributed by atoms with Crippen LogP contribution in [0.2, 0.25) is 0 Å². The first-order valence-electron chi connectivity index (χ1n) is 4.59. The quantitative estimate of drug-likeness (QED) is 0.410.